The van der Waals surface area contributed by atoms with Gasteiger partial charge in [-0.2, -0.15) is 21.6 Å². The molecule has 17 nitrogen and oxygen atoms in total. The number of aryl methyl sites for hydroxylation is 2. The van der Waals surface area contributed by atoms with Crippen LogP contribution in [0.5, 0.6) is 0 Å². The molecule has 4 aromatic rings. The van der Waals surface area contributed by atoms with Crippen LogP contribution in [0, 0.1) is 24.6 Å². The van der Waals surface area contributed by atoms with Crippen LogP contribution in [0.1, 0.15) is 43.7 Å². The highest BCUT2D eigenvalue weighted by atomic mass is 32.2. The van der Waals surface area contributed by atoms with Gasteiger partial charge in [0.15, 0.2) is 5.96 Å². The van der Waals surface area contributed by atoms with Crippen LogP contribution in [0.25, 0.3) is 10.8 Å². The van der Waals surface area contributed by atoms with Crippen molar-refractivity contribution in [2.45, 2.75) is 67.2 Å². The van der Waals surface area contributed by atoms with E-state index in [-0.39, 0.29) is 40.2 Å². The number of hydrogen-bond acceptors (Lipinski definition) is 12. The topological polar surface area (TPSA) is 296 Å². The van der Waals surface area contributed by atoms with Crippen molar-refractivity contribution in [3.05, 3.63) is 96.1 Å². The molecule has 0 bridgehead atoms. The van der Waals surface area contributed by atoms with Crippen LogP contribution in [0.2, 0.25) is 0 Å². The van der Waals surface area contributed by atoms with Crippen molar-refractivity contribution in [2.75, 3.05) is 32.1 Å². The zero-order chi connectivity index (χ0) is 42.7. The second-order valence-corrected chi connectivity index (χ2v) is 16.8. The minimum absolute atomic E-state index is 0.0555. The number of carbonyl (C=O) groups is 1. The molecule has 0 aliphatic rings. The standard InChI is InChI=1S/C22H33N5O4S.2C7H8O3S.N2/c1-4-5-15-31-21(28)18(11-8-14-25-22(23)24)26-32(29,30)20-13-7-9-16-17(20)10-6-12-19(16)27(2)3;2*1-6-2-4-7(5-3-6)11(8,9)10;1-2/h6-7,9-10,12-13,18,26H,4-5,8,11,14-15H2,1-3H3,(H4,23,24,25);2*2-5H,1H3,(H,8,9,10);/t18-;;;/m0.../s1. The predicted molar refractivity (Wildman–Crippen MR) is 214 cm³/mol. The third-order valence-corrected chi connectivity index (χ3v) is 10.8. The fourth-order valence-corrected chi connectivity index (χ4v) is 7.11. The number of ether oxygens (including phenoxy) is 1. The predicted octanol–water partition coefficient (Wildman–Crippen LogP) is 4.46. The lowest BCUT2D eigenvalue weighted by molar-refractivity contribution is -0.146. The molecule has 1 atom stereocenters. The summed E-state index contributed by atoms with van der Waals surface area (Å²) in [5, 5.41) is 13.4. The lowest BCUT2D eigenvalue weighted by Crippen LogP contribution is -2.42. The molecule has 56 heavy (non-hydrogen) atoms. The summed E-state index contributed by atoms with van der Waals surface area (Å²) < 4.78 is 93.6. The Morgan fingerprint density at radius 1 is 0.786 bits per heavy atom. The van der Waals surface area contributed by atoms with Gasteiger partial charge in [-0.3, -0.25) is 18.9 Å². The Labute approximate surface area is 328 Å². The highest BCUT2D eigenvalue weighted by Gasteiger charge is 2.28. The minimum atomic E-state index is -4.02. The number of fused-ring (bicyclic) bond motifs is 1. The zero-order valence-corrected chi connectivity index (χ0v) is 34.2. The average molecular weight is 836 g/mol. The Kier molecular flexibility index (Phi) is 20.1. The molecule has 0 aliphatic carbocycles. The Morgan fingerprint density at radius 2 is 1.27 bits per heavy atom. The van der Waals surface area contributed by atoms with Gasteiger partial charge in [-0.25, -0.2) is 8.42 Å². The molecular formula is C36H49N7O10S3. The fourth-order valence-electron chi connectivity index (χ4n) is 4.71. The van der Waals surface area contributed by atoms with Gasteiger partial charge in [0, 0.05) is 47.9 Å². The molecule has 0 aliphatic heterocycles. The number of guanidine groups is 1. The number of benzene rings is 4. The number of unbranched alkanes of at least 4 members (excludes halogenated alkanes) is 1. The Morgan fingerprint density at radius 3 is 1.71 bits per heavy atom. The first-order valence-electron chi connectivity index (χ1n) is 16.9. The molecular weight excluding hydrogens is 787 g/mol. The number of anilines is 1. The van der Waals surface area contributed by atoms with E-state index >= 15 is 0 Å². The van der Waals surface area contributed by atoms with Crippen LogP contribution in [0.3, 0.4) is 0 Å². The van der Waals surface area contributed by atoms with Crippen molar-refractivity contribution in [3.63, 3.8) is 0 Å². The van der Waals surface area contributed by atoms with Gasteiger partial charge in [0.05, 0.1) is 21.3 Å². The summed E-state index contributed by atoms with van der Waals surface area (Å²) in [6.45, 7) is 6.18. The summed E-state index contributed by atoms with van der Waals surface area (Å²) in [7, 11) is -8.26. The molecule has 20 heteroatoms. The number of aliphatic imine (C=N–C) groups is 1. The van der Waals surface area contributed by atoms with Crippen molar-refractivity contribution < 1.29 is 43.9 Å². The van der Waals surface area contributed by atoms with Gasteiger partial charge in [-0.15, -0.1) is 0 Å². The number of esters is 1. The van der Waals surface area contributed by atoms with E-state index in [9.17, 15) is 30.0 Å². The number of hydrogen-bond donors (Lipinski definition) is 5. The Hall–Kier alpha value is -5.17. The monoisotopic (exact) mass is 835 g/mol. The van der Waals surface area contributed by atoms with E-state index in [2.05, 4.69) is 9.71 Å². The number of carbonyl (C=O) groups excluding carboxylic acids is 1. The van der Waals surface area contributed by atoms with E-state index in [4.69, 9.17) is 36.1 Å². The van der Waals surface area contributed by atoms with E-state index in [1.54, 1.807) is 36.4 Å². The van der Waals surface area contributed by atoms with Crippen LogP contribution in [0.15, 0.2) is 105 Å². The summed E-state index contributed by atoms with van der Waals surface area (Å²) in [6, 6.07) is 21.5. The van der Waals surface area contributed by atoms with Gasteiger partial charge in [0.25, 0.3) is 20.2 Å². The molecule has 0 spiro atoms. The number of nitrogens with one attached hydrogen (secondary N) is 1. The summed E-state index contributed by atoms with van der Waals surface area (Å²) in [6.07, 6.45) is 2.18. The maximum Gasteiger partial charge on any atom is 0.324 e. The van der Waals surface area contributed by atoms with Crippen LogP contribution >= 0.6 is 0 Å². The average Bonchev–Trinajstić information content (AvgIpc) is 3.13. The van der Waals surface area contributed by atoms with Gasteiger partial charge in [0.2, 0.25) is 10.0 Å². The van der Waals surface area contributed by atoms with Crippen molar-refractivity contribution in [1.29, 1.82) is 10.8 Å². The molecule has 0 saturated carbocycles. The first-order valence-corrected chi connectivity index (χ1v) is 21.3. The second kappa shape index (κ2) is 23.0. The summed E-state index contributed by atoms with van der Waals surface area (Å²) in [5.74, 6) is -0.666. The van der Waals surface area contributed by atoms with Gasteiger partial charge in [0.1, 0.15) is 6.04 Å². The van der Waals surface area contributed by atoms with Gasteiger partial charge in [-0.05, 0) is 69.5 Å². The quantitative estimate of drug-likeness (QED) is 0.0292. The van der Waals surface area contributed by atoms with E-state index in [0.717, 1.165) is 28.6 Å². The molecule has 0 heterocycles. The SMILES string of the molecule is CCCCOC(=O)[C@H](CCCN=C(N)N)NS(=O)(=O)c1cccc2c(N(C)C)cccc12.Cc1ccc(S(=O)(=O)O)cc1.Cc1ccc(S(=O)(=O)O)cc1.N#N. The molecule has 7 N–H and O–H groups in total. The third-order valence-electron chi connectivity index (χ3n) is 7.54. The molecule has 0 radical (unpaired) electrons. The third kappa shape index (κ3) is 16.7. The molecule has 4 aromatic carbocycles. The Bertz CT molecular complexity index is 2170. The first kappa shape index (κ1) is 48.8. The molecule has 4 rings (SSSR count). The molecule has 306 valence electrons. The van der Waals surface area contributed by atoms with E-state index < -0.39 is 42.3 Å². The highest BCUT2D eigenvalue weighted by Crippen LogP contribution is 2.30. The maximum atomic E-state index is 13.3. The molecule has 0 saturated heterocycles. The lowest BCUT2D eigenvalue weighted by atomic mass is 10.1. The largest absolute Gasteiger partial charge is 0.465 e. The van der Waals surface area contributed by atoms with E-state index in [1.807, 2.05) is 58.0 Å². The lowest BCUT2D eigenvalue weighted by Gasteiger charge is -2.20. The molecule has 0 fully saturated rings. The fraction of sp³-hybridized carbons (Fsp3) is 0.333. The van der Waals surface area contributed by atoms with Crippen molar-refractivity contribution in [1.82, 2.24) is 4.72 Å². The maximum absolute atomic E-state index is 13.3. The summed E-state index contributed by atoms with van der Waals surface area (Å²) in [5.41, 5.74) is 13.5. The minimum Gasteiger partial charge on any atom is -0.465 e. The molecule has 0 amide bonds. The molecule has 0 unspecified atom stereocenters. The summed E-state index contributed by atoms with van der Waals surface area (Å²) in [4.78, 5) is 18.4. The van der Waals surface area contributed by atoms with E-state index in [0.29, 0.717) is 18.2 Å². The van der Waals surface area contributed by atoms with Crippen molar-refractivity contribution in [3.8, 4) is 0 Å². The summed E-state index contributed by atoms with van der Waals surface area (Å²) >= 11 is 0. The van der Waals surface area contributed by atoms with Crippen molar-refractivity contribution in [2.24, 2.45) is 16.5 Å². The zero-order valence-electron chi connectivity index (χ0n) is 31.7. The van der Waals surface area contributed by atoms with Crippen LogP contribution in [0.4, 0.5) is 5.69 Å². The van der Waals surface area contributed by atoms with E-state index in [1.165, 1.54) is 30.3 Å². The van der Waals surface area contributed by atoms with Crippen LogP contribution < -0.4 is 21.1 Å². The number of sulfonamides is 1. The van der Waals surface area contributed by atoms with Gasteiger partial charge < -0.3 is 21.1 Å². The number of nitrogens with two attached hydrogens (primary N) is 2. The highest BCUT2D eigenvalue weighted by molar-refractivity contribution is 7.89. The van der Waals surface area contributed by atoms with Gasteiger partial charge >= 0.3 is 5.97 Å². The number of rotatable bonds is 14. The first-order chi connectivity index (χ1) is 26.2. The van der Waals surface area contributed by atoms with Crippen LogP contribution in [-0.4, -0.2) is 79.6 Å². The molecule has 0 aromatic heterocycles. The van der Waals surface area contributed by atoms with Crippen molar-refractivity contribution >= 4 is 58.6 Å². The number of nitrogens with zero attached hydrogens (tertiary/aromatic N) is 4. The van der Waals surface area contributed by atoms with Crippen LogP contribution in [-0.2, 0) is 39.8 Å². The van der Waals surface area contributed by atoms with Gasteiger partial charge in [-0.1, -0.05) is 73.0 Å². The smallest absolute Gasteiger partial charge is 0.324 e. The second-order valence-electron chi connectivity index (χ2n) is 12.2. The normalized spacial score (nSPS) is 11.6. The Balaban J connectivity index is 0.000000527.